The highest BCUT2D eigenvalue weighted by Gasteiger charge is 2.17. The van der Waals surface area contributed by atoms with Crippen LogP contribution in [0.15, 0.2) is 12.3 Å². The summed E-state index contributed by atoms with van der Waals surface area (Å²) >= 11 is 0. The molecule has 0 aliphatic carbocycles. The molecule has 0 aliphatic rings. The van der Waals surface area contributed by atoms with E-state index in [1.165, 1.54) is 25.2 Å². The topological polar surface area (TPSA) is 42.4 Å². The first-order valence-corrected chi connectivity index (χ1v) is 4.78. The van der Waals surface area contributed by atoms with E-state index in [0.29, 0.717) is 0 Å². The number of aromatic nitrogens is 1. The van der Waals surface area contributed by atoms with Gasteiger partial charge >= 0.3 is 0 Å². The average Bonchev–Trinajstić information content (AvgIpc) is 2.26. The predicted molar refractivity (Wildman–Crippen MR) is 58.8 cm³/mol. The molecule has 0 saturated carbocycles. The Labute approximate surface area is 99.0 Å². The van der Waals surface area contributed by atoms with Crippen molar-refractivity contribution in [2.75, 3.05) is 20.7 Å². The van der Waals surface area contributed by atoms with Crippen molar-refractivity contribution in [2.24, 2.45) is 0 Å². The molecule has 4 nitrogen and oxygen atoms in total. The van der Waals surface area contributed by atoms with Crippen LogP contribution in [0.25, 0.3) is 0 Å². The molecule has 2 radical (unpaired) electrons. The zero-order valence-corrected chi connectivity index (χ0v) is 9.48. The number of pyridine rings is 1. The Morgan fingerprint density at radius 1 is 1.59 bits per heavy atom. The van der Waals surface area contributed by atoms with Crippen LogP contribution in [0, 0.1) is 0 Å². The fourth-order valence-electron chi connectivity index (χ4n) is 1.02. The molecule has 17 heavy (non-hydrogen) atoms. The summed E-state index contributed by atoms with van der Waals surface area (Å²) in [5.41, 5.74) is -0.303. The Morgan fingerprint density at radius 3 is 2.76 bits per heavy atom. The Morgan fingerprint density at radius 2 is 2.24 bits per heavy atom. The van der Waals surface area contributed by atoms with Crippen LogP contribution < -0.4 is 10.2 Å². The van der Waals surface area contributed by atoms with Gasteiger partial charge in [-0.25, -0.2) is 13.8 Å². The molecule has 1 heterocycles. The number of hydrogen-bond acceptors (Lipinski definition) is 3. The van der Waals surface area contributed by atoms with Crippen molar-refractivity contribution in [3.05, 3.63) is 17.8 Å². The molecule has 0 unspecified atom stereocenters. The van der Waals surface area contributed by atoms with Gasteiger partial charge in [-0.2, -0.15) is 0 Å². The summed E-state index contributed by atoms with van der Waals surface area (Å²) in [7, 11) is 8.42. The molecule has 0 aromatic carbocycles. The summed E-state index contributed by atoms with van der Waals surface area (Å²) in [6, 6.07) is 1.08. The van der Waals surface area contributed by atoms with Gasteiger partial charge in [0.2, 0.25) is 5.88 Å². The van der Waals surface area contributed by atoms with Crippen LogP contribution in [0.3, 0.4) is 0 Å². The highest BCUT2D eigenvalue weighted by Crippen LogP contribution is 2.25. The Balaban J connectivity index is 2.80. The van der Waals surface area contributed by atoms with E-state index in [2.05, 4.69) is 4.98 Å². The minimum Gasteiger partial charge on any atom is -0.467 e. The van der Waals surface area contributed by atoms with Gasteiger partial charge in [0, 0.05) is 20.3 Å². The quantitative estimate of drug-likeness (QED) is 0.710. The number of halogens is 2. The van der Waals surface area contributed by atoms with Gasteiger partial charge in [0.15, 0.2) is 6.61 Å². The van der Waals surface area contributed by atoms with E-state index in [0.717, 1.165) is 6.07 Å². The number of ether oxygens (including phenoxy) is 1. The zero-order valence-electron chi connectivity index (χ0n) is 9.48. The second kappa shape index (κ2) is 5.61. The van der Waals surface area contributed by atoms with Crippen molar-refractivity contribution < 1.29 is 18.3 Å². The third-order valence-electron chi connectivity index (χ3n) is 1.97. The lowest BCUT2D eigenvalue weighted by Crippen LogP contribution is -2.28. The lowest BCUT2D eigenvalue weighted by Gasteiger charge is -2.13. The fourth-order valence-corrected chi connectivity index (χ4v) is 1.02. The number of carbonyl (C=O) groups excluding carboxylic acids is 1. The summed E-state index contributed by atoms with van der Waals surface area (Å²) < 4.78 is 30.2. The van der Waals surface area contributed by atoms with Crippen LogP contribution >= 0.6 is 0 Å². The third kappa shape index (κ3) is 3.69. The first-order valence-electron chi connectivity index (χ1n) is 4.78. The van der Waals surface area contributed by atoms with Gasteiger partial charge < -0.3 is 9.64 Å². The summed E-state index contributed by atoms with van der Waals surface area (Å²) in [4.78, 5) is 16.1. The molecule has 7 heteroatoms. The monoisotopic (exact) mass is 240 g/mol. The van der Waals surface area contributed by atoms with Gasteiger partial charge in [-0.05, 0) is 0 Å². The lowest BCUT2D eigenvalue weighted by molar-refractivity contribution is -0.130. The maximum absolute atomic E-state index is 12.6. The number of amides is 1. The van der Waals surface area contributed by atoms with Gasteiger partial charge in [-0.1, -0.05) is 11.5 Å². The number of likely N-dealkylation sites (N-methyl/N-ethyl adjacent to an activating group) is 1. The summed E-state index contributed by atoms with van der Waals surface area (Å²) in [6.45, 7) is -0.344. The SMILES string of the molecule is [B]c1cnc(OCC(=O)N(C)C)c(C(F)F)c1. The van der Waals surface area contributed by atoms with Crippen LogP contribution in [-0.4, -0.2) is 44.3 Å². The molecule has 1 rings (SSSR count). The summed E-state index contributed by atoms with van der Waals surface area (Å²) in [5.74, 6) is -0.617. The Hall–Kier alpha value is -1.66. The average molecular weight is 240 g/mol. The van der Waals surface area contributed by atoms with E-state index in [-0.39, 0.29) is 23.9 Å². The van der Waals surface area contributed by atoms with E-state index in [1.54, 1.807) is 0 Å². The molecular weight excluding hydrogens is 229 g/mol. The molecule has 0 aliphatic heterocycles. The molecule has 0 N–H and O–H groups in total. The molecule has 1 amide bonds. The van der Waals surface area contributed by atoms with E-state index in [9.17, 15) is 13.6 Å². The fraction of sp³-hybridized carbons (Fsp3) is 0.400. The van der Waals surface area contributed by atoms with Crippen molar-refractivity contribution in [3.8, 4) is 5.88 Å². The standard InChI is InChI=1S/C10H11BF2N2O2/c1-15(2)8(16)5-17-10-7(9(12)13)3-6(11)4-14-10/h3-4,9H,5H2,1-2H3. The van der Waals surface area contributed by atoms with Crippen molar-refractivity contribution >= 4 is 19.2 Å². The second-order valence-corrected chi connectivity index (χ2v) is 3.54. The Kier molecular flexibility index (Phi) is 4.42. The first-order chi connectivity index (χ1) is 7.91. The number of carbonyl (C=O) groups is 1. The van der Waals surface area contributed by atoms with Gasteiger partial charge in [0.1, 0.15) is 7.85 Å². The molecule has 0 atom stereocenters. The largest absolute Gasteiger partial charge is 0.467 e. The van der Waals surface area contributed by atoms with Crippen LogP contribution in [0.1, 0.15) is 12.0 Å². The molecule has 0 fully saturated rings. The molecule has 90 valence electrons. The van der Waals surface area contributed by atoms with Gasteiger partial charge in [0.25, 0.3) is 12.3 Å². The van der Waals surface area contributed by atoms with Crippen molar-refractivity contribution in [2.45, 2.75) is 6.43 Å². The number of hydrogen-bond donors (Lipinski definition) is 0. The van der Waals surface area contributed by atoms with E-state index < -0.39 is 12.0 Å². The third-order valence-corrected chi connectivity index (χ3v) is 1.97. The van der Waals surface area contributed by atoms with Crippen molar-refractivity contribution in [1.82, 2.24) is 9.88 Å². The molecule has 0 saturated heterocycles. The van der Waals surface area contributed by atoms with Crippen LogP contribution in [0.5, 0.6) is 5.88 Å². The normalized spacial score (nSPS) is 10.4. The van der Waals surface area contributed by atoms with Crippen molar-refractivity contribution in [1.29, 1.82) is 0 Å². The van der Waals surface area contributed by atoms with Gasteiger partial charge in [-0.3, -0.25) is 4.79 Å². The molecule has 0 bridgehead atoms. The number of alkyl halides is 2. The molecule has 1 aromatic rings. The van der Waals surface area contributed by atoms with Crippen molar-refractivity contribution in [3.63, 3.8) is 0 Å². The predicted octanol–water partition coefficient (Wildman–Crippen LogP) is 0.280. The van der Waals surface area contributed by atoms with Gasteiger partial charge in [0.05, 0.1) is 5.56 Å². The molecule has 0 spiro atoms. The number of rotatable bonds is 4. The first kappa shape index (κ1) is 13.4. The smallest absolute Gasteiger partial charge is 0.269 e. The minimum absolute atomic E-state index is 0.117. The van der Waals surface area contributed by atoms with E-state index in [4.69, 9.17) is 12.6 Å². The Bertz CT molecular complexity index is 413. The van der Waals surface area contributed by atoms with E-state index >= 15 is 0 Å². The van der Waals surface area contributed by atoms with Crippen LogP contribution in [0.2, 0.25) is 0 Å². The highest BCUT2D eigenvalue weighted by atomic mass is 19.3. The number of nitrogens with zero attached hydrogens (tertiary/aromatic N) is 2. The minimum atomic E-state index is -2.75. The summed E-state index contributed by atoms with van der Waals surface area (Å²) in [6.07, 6.45) is -1.56. The highest BCUT2D eigenvalue weighted by molar-refractivity contribution is 6.32. The molecular formula is C10H11BF2N2O2. The maximum Gasteiger partial charge on any atom is 0.269 e. The maximum atomic E-state index is 12.6. The second-order valence-electron chi connectivity index (χ2n) is 3.54. The van der Waals surface area contributed by atoms with Crippen LogP contribution in [-0.2, 0) is 4.79 Å². The summed E-state index contributed by atoms with van der Waals surface area (Å²) in [5, 5.41) is 0. The van der Waals surface area contributed by atoms with Crippen LogP contribution in [0.4, 0.5) is 8.78 Å². The zero-order chi connectivity index (χ0) is 13.0. The van der Waals surface area contributed by atoms with Gasteiger partial charge in [-0.15, -0.1) is 0 Å². The lowest BCUT2D eigenvalue weighted by atomic mass is 9.97. The van der Waals surface area contributed by atoms with E-state index in [1.807, 2.05) is 0 Å². The molecule has 1 aromatic heterocycles.